The van der Waals surface area contributed by atoms with Crippen LogP contribution in [0.5, 0.6) is 11.5 Å². The highest BCUT2D eigenvalue weighted by Crippen LogP contribution is 2.42. The minimum absolute atomic E-state index is 0.00324. The Hall–Kier alpha value is -6.90. The fraction of sp³-hybridized carbons (Fsp3) is 0.186. The van der Waals surface area contributed by atoms with E-state index in [9.17, 15) is 60.5 Å². The number of amides is 2. The molecule has 83 heavy (non-hydrogen) atoms. The second-order valence-corrected chi connectivity index (χ2v) is 30.7. The summed E-state index contributed by atoms with van der Waals surface area (Å²) in [5.41, 5.74) is 5.01. The zero-order chi connectivity index (χ0) is 61.0. The van der Waals surface area contributed by atoms with Crippen LogP contribution in [0.2, 0.25) is 20.1 Å². The van der Waals surface area contributed by atoms with Crippen LogP contribution in [0.4, 0.5) is 0 Å². The molecule has 0 radical (unpaired) electrons. The van der Waals surface area contributed by atoms with Crippen LogP contribution in [0.1, 0.15) is 48.5 Å². The summed E-state index contributed by atoms with van der Waals surface area (Å²) in [5, 5.41) is 34.9. The average Bonchev–Trinajstić information content (AvgIpc) is 3.61. The number of aryl methyl sites for hydroxylation is 1. The lowest BCUT2D eigenvalue weighted by molar-refractivity contribution is -0.147. The van der Waals surface area contributed by atoms with Crippen LogP contribution in [-0.4, -0.2) is 100.0 Å². The lowest BCUT2D eigenvalue weighted by Gasteiger charge is -2.19. The molecule has 7 rings (SSSR count). The third-order valence-electron chi connectivity index (χ3n) is 12.5. The smallest absolute Gasteiger partial charge is 0.329 e. The van der Waals surface area contributed by atoms with Crippen molar-refractivity contribution in [2.45, 2.75) is 47.7 Å². The molecule has 0 heterocycles. The van der Waals surface area contributed by atoms with Crippen LogP contribution < -0.4 is 21.2 Å². The Bertz CT molecular complexity index is 3980. The highest BCUT2D eigenvalue weighted by molar-refractivity contribution is 7.91. The van der Waals surface area contributed by atoms with Crippen molar-refractivity contribution in [3.05, 3.63) is 211 Å². The van der Waals surface area contributed by atoms with E-state index in [-0.39, 0.29) is 78.1 Å². The number of hydrogen-bond donors (Lipinski definition) is 5. The van der Waals surface area contributed by atoms with Gasteiger partial charge in [0, 0.05) is 54.4 Å². The van der Waals surface area contributed by atoms with Crippen molar-refractivity contribution in [2.24, 2.45) is 0 Å². The minimum Gasteiger partial charge on any atom is -0.508 e. The number of phenols is 2. The molecule has 24 heteroatoms. The molecule has 0 bridgehead atoms. The number of nitrogens with one attached hydrogen (secondary N) is 2. The molecule has 4 atom stereocenters. The third-order valence-corrected chi connectivity index (χ3v) is 20.1. The van der Waals surface area contributed by atoms with Crippen molar-refractivity contribution in [3.8, 4) is 23.1 Å². The zero-order valence-corrected chi connectivity index (χ0v) is 51.1. The molecule has 0 aliphatic carbocycles. The molecule has 2 amide bonds. The Morgan fingerprint density at radius 2 is 1.01 bits per heavy atom. The van der Waals surface area contributed by atoms with Gasteiger partial charge in [-0.25, -0.2) is 26.4 Å². The maximum Gasteiger partial charge on any atom is 0.329 e. The molecule has 0 fully saturated rings. The summed E-state index contributed by atoms with van der Waals surface area (Å²) in [6.45, 7) is 3.03. The molecule has 16 nitrogen and oxygen atoms in total. The van der Waals surface area contributed by atoms with E-state index in [4.69, 9.17) is 51.1 Å². The quantitative estimate of drug-likeness (QED) is 0.0287. The first-order valence-electron chi connectivity index (χ1n) is 24.8. The van der Waals surface area contributed by atoms with Gasteiger partial charge in [0.25, 0.3) is 11.8 Å². The Labute approximate surface area is 500 Å². The van der Waals surface area contributed by atoms with E-state index in [1.807, 2.05) is 6.07 Å². The van der Waals surface area contributed by atoms with Gasteiger partial charge in [-0.3, -0.25) is 9.59 Å². The molecule has 7 aromatic rings. The Balaban J connectivity index is 0.000000271. The van der Waals surface area contributed by atoms with Gasteiger partial charge in [-0.05, 0) is 114 Å². The number of carboxylic acid groups (broad SMARTS) is 1. The topological polar surface area (TPSA) is 265 Å². The van der Waals surface area contributed by atoms with Gasteiger partial charge in [0.15, 0.2) is 26.8 Å². The number of aliphatic carboxylic acids is 1. The molecular weight excluding hydrogens is 1230 g/mol. The van der Waals surface area contributed by atoms with E-state index in [0.717, 1.165) is 18.1 Å². The molecule has 7 aromatic carbocycles. The van der Waals surface area contributed by atoms with Crippen LogP contribution in [-0.2, 0) is 69.0 Å². The molecule has 0 aliphatic rings. The highest BCUT2D eigenvalue weighted by Gasteiger charge is 2.29. The number of ether oxygens (including phenoxy) is 1. The number of rotatable bonds is 19. The van der Waals surface area contributed by atoms with Crippen LogP contribution >= 0.6 is 60.7 Å². The maximum atomic E-state index is 13.4. The van der Waals surface area contributed by atoms with Gasteiger partial charge < -0.3 is 39.8 Å². The fourth-order valence-electron chi connectivity index (χ4n) is 8.06. The standard InChI is InChI=1S/C33H28Cl2NO7PS.C26H26Cl2NO7PS/c1-44(40,26-12-7-11-25(37)20-26)15-14-24-17-28(34)31(29(35)18-24)32(38)36-30(33(39)43-21-22-8-4-3-5-9-22)19-23-10-6-13-27(16-23)45(2,41)42;1-37(34,19-7-4-6-18(30)15-19)10-9-17-12-21(27)24(22(28)13-17)25(31)29-23(26(32)33)14-16-5-3-8-20(11-16)38(2,35)36/h3-13,16-18,20,30,37H,19,21H2,1-2H3,(H,36,38);3-8,11-13,15,23,30H,9-10,14H2,1-2H3,(H,29,31)(H,32,33)/t30-,44?;23-,37?/m00/s1. The Morgan fingerprint density at radius 3 is 1.51 bits per heavy atom. The van der Waals surface area contributed by atoms with Crippen LogP contribution in [0, 0.1) is 11.6 Å². The second kappa shape index (κ2) is 28.1. The van der Waals surface area contributed by atoms with E-state index >= 15 is 0 Å². The van der Waals surface area contributed by atoms with Crippen LogP contribution in [0.25, 0.3) is 0 Å². The molecule has 434 valence electrons. The molecular formula is C59H54Cl4N2O14P2S2. The largest absolute Gasteiger partial charge is 0.508 e. The van der Waals surface area contributed by atoms with Crippen molar-refractivity contribution >= 4 is 115 Å². The van der Waals surface area contributed by atoms with Crippen molar-refractivity contribution in [2.75, 3.05) is 32.0 Å². The summed E-state index contributed by atoms with van der Waals surface area (Å²) in [5.74, 6) is -0.896. The molecule has 5 N–H and O–H groups in total. The van der Waals surface area contributed by atoms with Gasteiger partial charge in [0.05, 0.1) is 41.0 Å². The lowest BCUT2D eigenvalue weighted by atomic mass is 10.0. The first kappa shape index (κ1) is 65.3. The molecule has 0 aliphatic heterocycles. The number of aromatic hydroxyl groups is 2. The van der Waals surface area contributed by atoms with E-state index in [0.29, 0.717) is 39.3 Å². The first-order chi connectivity index (χ1) is 38.9. The summed E-state index contributed by atoms with van der Waals surface area (Å²) in [6.07, 6.45) is 2.47. The average molecular weight is 1280 g/mol. The number of halogens is 4. The highest BCUT2D eigenvalue weighted by atomic mass is 35.5. The van der Waals surface area contributed by atoms with Gasteiger partial charge in [0.1, 0.15) is 37.3 Å². The number of sulfone groups is 2. The molecule has 0 aromatic heterocycles. The predicted octanol–water partition coefficient (Wildman–Crippen LogP) is 10.2. The first-order valence-corrected chi connectivity index (χ1v) is 34.6. The third kappa shape index (κ3) is 18.8. The molecule has 0 saturated heterocycles. The van der Waals surface area contributed by atoms with E-state index in [2.05, 4.69) is 22.2 Å². The van der Waals surface area contributed by atoms with Gasteiger partial charge in [-0.1, -0.05) is 131 Å². The van der Waals surface area contributed by atoms with Crippen molar-refractivity contribution in [1.82, 2.24) is 10.6 Å². The van der Waals surface area contributed by atoms with E-state index < -0.39 is 69.8 Å². The second-order valence-electron chi connectivity index (χ2n) is 19.3. The van der Waals surface area contributed by atoms with Crippen molar-refractivity contribution < 1.29 is 65.2 Å². The normalized spacial score (nSPS) is 13.4. The number of hydrogen-bond acceptors (Lipinski definition) is 13. The van der Waals surface area contributed by atoms with Crippen molar-refractivity contribution in [1.29, 1.82) is 0 Å². The predicted molar refractivity (Wildman–Crippen MR) is 324 cm³/mol. The number of phenolic OH excluding ortho intramolecular Hbond substituents is 2. The minimum atomic E-state index is -3.52. The summed E-state index contributed by atoms with van der Waals surface area (Å²) in [4.78, 5) is 51.6. The number of carbonyl (C=O) groups is 4. The number of carbonyl (C=O) groups excluding carboxylic acids is 3. The van der Waals surface area contributed by atoms with E-state index in [1.54, 1.807) is 73.4 Å². The fourth-order valence-corrected chi connectivity index (χ4v) is 13.8. The van der Waals surface area contributed by atoms with Gasteiger partial charge in [-0.2, -0.15) is 0 Å². The van der Waals surface area contributed by atoms with Gasteiger partial charge >= 0.3 is 11.9 Å². The summed E-state index contributed by atoms with van der Waals surface area (Å²) >= 11 is 25.6. The summed E-state index contributed by atoms with van der Waals surface area (Å²) in [7, 11) is -13.0. The molecule has 2 unspecified atom stereocenters. The monoisotopic (exact) mass is 1280 g/mol. The molecule has 0 saturated carbocycles. The summed E-state index contributed by atoms with van der Waals surface area (Å²) < 4.78 is 79.6. The van der Waals surface area contributed by atoms with Crippen LogP contribution in [0.3, 0.4) is 0 Å². The number of carboxylic acids is 1. The number of esters is 1. The van der Waals surface area contributed by atoms with E-state index in [1.165, 1.54) is 85.5 Å². The molecule has 0 spiro atoms. The van der Waals surface area contributed by atoms with Crippen molar-refractivity contribution in [3.63, 3.8) is 0 Å². The number of benzene rings is 7. The van der Waals surface area contributed by atoms with Gasteiger partial charge in [0.2, 0.25) is 0 Å². The Kier molecular flexibility index (Phi) is 22.1. The van der Waals surface area contributed by atoms with Crippen LogP contribution in [0.15, 0.2) is 161 Å². The Morgan fingerprint density at radius 1 is 0.566 bits per heavy atom. The SMILES string of the molecule is CP(=O)(C#Cc1cc(Cl)c(C(=O)N[C@@H](Cc2cccc(S(C)(=O)=O)c2)C(=O)OCc2ccccc2)c(Cl)c1)c1cccc(O)c1.CP(=O)(CCc1cc(Cl)c(C(=O)N[C@@H](Cc2cccc(S(C)(=O)=O)c2)C(=O)O)c(Cl)c1)c1cccc(O)c1. The lowest BCUT2D eigenvalue weighted by Crippen LogP contribution is -2.43. The summed E-state index contributed by atoms with van der Waals surface area (Å²) in [6, 6.07) is 36.3. The zero-order valence-electron chi connectivity index (χ0n) is 44.7. The van der Waals surface area contributed by atoms with Gasteiger partial charge in [-0.15, -0.1) is 0 Å². The maximum absolute atomic E-state index is 13.4.